The van der Waals surface area contributed by atoms with Gasteiger partial charge in [0.2, 0.25) is 0 Å². The highest BCUT2D eigenvalue weighted by atomic mass is 32.2. The topological polar surface area (TPSA) is 46.5 Å². The van der Waals surface area contributed by atoms with Crippen molar-refractivity contribution in [1.29, 1.82) is 0 Å². The summed E-state index contributed by atoms with van der Waals surface area (Å²) in [5, 5.41) is 10.9. The van der Waals surface area contributed by atoms with E-state index in [1.165, 1.54) is 13.5 Å². The molecule has 1 atom stereocenters. The molecule has 2 rings (SSSR count). The van der Waals surface area contributed by atoms with Crippen LogP contribution in [0, 0.1) is 5.41 Å². The number of carbonyl (C=O) groups is 1. The van der Waals surface area contributed by atoms with Gasteiger partial charge >= 0.3 is 5.97 Å². The lowest BCUT2D eigenvalue weighted by Gasteiger charge is -2.48. The number of methoxy groups -OCH3 is 1. The highest BCUT2D eigenvalue weighted by Gasteiger charge is 2.56. The molecule has 0 aromatic carbocycles. The second-order valence-electron chi connectivity index (χ2n) is 5.32. The summed E-state index contributed by atoms with van der Waals surface area (Å²) in [5.74, 6) is 1.61. The van der Waals surface area contributed by atoms with Crippen molar-refractivity contribution in [2.24, 2.45) is 5.41 Å². The molecule has 98 valence electrons. The van der Waals surface area contributed by atoms with Gasteiger partial charge in [0.05, 0.1) is 12.7 Å². The van der Waals surface area contributed by atoms with Gasteiger partial charge in [-0.1, -0.05) is 19.3 Å². The summed E-state index contributed by atoms with van der Waals surface area (Å²) in [6, 6.07) is 0. The van der Waals surface area contributed by atoms with Gasteiger partial charge in [0, 0.05) is 5.75 Å². The van der Waals surface area contributed by atoms with E-state index in [4.69, 9.17) is 4.74 Å². The fraction of sp³-hybridized carbons (Fsp3) is 0.923. The molecule has 1 saturated carbocycles. The zero-order chi connectivity index (χ0) is 12.4. The van der Waals surface area contributed by atoms with Crippen LogP contribution in [0.3, 0.4) is 0 Å². The zero-order valence-electron chi connectivity index (χ0n) is 10.5. The number of rotatable bonds is 2. The van der Waals surface area contributed by atoms with Gasteiger partial charge in [-0.3, -0.25) is 4.79 Å². The van der Waals surface area contributed by atoms with Crippen molar-refractivity contribution in [2.75, 3.05) is 18.6 Å². The van der Waals surface area contributed by atoms with Crippen molar-refractivity contribution in [3.8, 4) is 0 Å². The Morgan fingerprint density at radius 3 is 2.41 bits per heavy atom. The van der Waals surface area contributed by atoms with Crippen molar-refractivity contribution in [3.63, 3.8) is 0 Å². The van der Waals surface area contributed by atoms with Crippen LogP contribution in [0.2, 0.25) is 0 Å². The Balaban J connectivity index is 2.27. The van der Waals surface area contributed by atoms with E-state index in [-0.39, 0.29) is 5.97 Å². The van der Waals surface area contributed by atoms with E-state index < -0.39 is 11.0 Å². The minimum Gasteiger partial charge on any atom is -0.468 e. The lowest BCUT2D eigenvalue weighted by atomic mass is 9.63. The van der Waals surface area contributed by atoms with Gasteiger partial charge < -0.3 is 9.84 Å². The molecule has 0 spiro atoms. The maximum atomic E-state index is 12.2. The number of aliphatic hydroxyl groups is 1. The minimum absolute atomic E-state index is 0.200. The molecular formula is C13H22O3S. The van der Waals surface area contributed by atoms with Crippen LogP contribution in [0.25, 0.3) is 0 Å². The lowest BCUT2D eigenvalue weighted by Crippen LogP contribution is -2.57. The molecule has 0 radical (unpaired) electrons. The lowest BCUT2D eigenvalue weighted by molar-refractivity contribution is -0.176. The number of thioether (sulfide) groups is 1. The Morgan fingerprint density at radius 2 is 1.88 bits per heavy atom. The monoisotopic (exact) mass is 258 g/mol. The van der Waals surface area contributed by atoms with Gasteiger partial charge in [0.15, 0.2) is 0 Å². The quantitative estimate of drug-likeness (QED) is 0.772. The average molecular weight is 258 g/mol. The van der Waals surface area contributed by atoms with Crippen molar-refractivity contribution in [2.45, 2.75) is 50.5 Å². The number of ether oxygens (including phenoxy) is 1. The third-order valence-electron chi connectivity index (χ3n) is 4.39. The largest absolute Gasteiger partial charge is 0.468 e. The maximum Gasteiger partial charge on any atom is 0.315 e. The SMILES string of the molecule is COC(=O)C1(C2(O)CCCCC2)CCCSC1. The summed E-state index contributed by atoms with van der Waals surface area (Å²) in [5.41, 5.74) is -1.48. The van der Waals surface area contributed by atoms with Crippen LogP contribution in [0.15, 0.2) is 0 Å². The summed E-state index contributed by atoms with van der Waals surface area (Å²) < 4.78 is 5.00. The van der Waals surface area contributed by atoms with Gasteiger partial charge in [-0.2, -0.15) is 11.8 Å². The number of hydrogen-bond acceptors (Lipinski definition) is 4. The molecule has 1 heterocycles. The standard InChI is InChI=1S/C13H22O3S/c1-16-11(14)12(6-5-9-17-10-12)13(15)7-3-2-4-8-13/h15H,2-10H2,1H3. The highest BCUT2D eigenvalue weighted by molar-refractivity contribution is 7.99. The Bertz CT molecular complexity index is 278. The molecule has 1 saturated heterocycles. The van der Waals surface area contributed by atoms with Crippen LogP contribution in [0.5, 0.6) is 0 Å². The van der Waals surface area contributed by atoms with Crippen LogP contribution in [-0.4, -0.2) is 35.3 Å². The zero-order valence-corrected chi connectivity index (χ0v) is 11.4. The summed E-state index contributed by atoms with van der Waals surface area (Å²) in [6.45, 7) is 0. The average Bonchev–Trinajstić information content (AvgIpc) is 2.39. The smallest absolute Gasteiger partial charge is 0.315 e. The summed E-state index contributed by atoms with van der Waals surface area (Å²) >= 11 is 1.78. The van der Waals surface area contributed by atoms with Crippen molar-refractivity contribution < 1.29 is 14.6 Å². The fourth-order valence-corrected chi connectivity index (χ4v) is 4.70. The second-order valence-corrected chi connectivity index (χ2v) is 6.43. The highest BCUT2D eigenvalue weighted by Crippen LogP contribution is 2.50. The van der Waals surface area contributed by atoms with E-state index in [0.29, 0.717) is 0 Å². The third-order valence-corrected chi connectivity index (χ3v) is 5.66. The number of hydrogen-bond donors (Lipinski definition) is 1. The van der Waals surface area contributed by atoms with Crippen LogP contribution in [0.1, 0.15) is 44.9 Å². The fourth-order valence-electron chi connectivity index (χ4n) is 3.32. The molecule has 0 amide bonds. The van der Waals surface area contributed by atoms with Crippen LogP contribution in [0.4, 0.5) is 0 Å². The molecule has 17 heavy (non-hydrogen) atoms. The van der Waals surface area contributed by atoms with E-state index in [1.807, 2.05) is 0 Å². The molecule has 2 aliphatic rings. The van der Waals surface area contributed by atoms with Gasteiger partial charge in [0.25, 0.3) is 0 Å². The first-order chi connectivity index (χ1) is 8.15. The molecule has 1 aliphatic carbocycles. The first-order valence-corrected chi connectivity index (χ1v) is 7.69. The van der Waals surface area contributed by atoms with Crippen molar-refractivity contribution in [1.82, 2.24) is 0 Å². The van der Waals surface area contributed by atoms with E-state index in [9.17, 15) is 9.90 Å². The molecule has 4 heteroatoms. The Labute approximate surface area is 107 Å². The van der Waals surface area contributed by atoms with E-state index in [1.54, 1.807) is 11.8 Å². The van der Waals surface area contributed by atoms with Crippen molar-refractivity contribution in [3.05, 3.63) is 0 Å². The van der Waals surface area contributed by atoms with E-state index in [0.717, 1.165) is 50.0 Å². The molecule has 1 aliphatic heterocycles. The van der Waals surface area contributed by atoms with Crippen LogP contribution in [-0.2, 0) is 9.53 Å². The van der Waals surface area contributed by atoms with Crippen LogP contribution >= 0.6 is 11.8 Å². The van der Waals surface area contributed by atoms with Gasteiger partial charge in [-0.15, -0.1) is 0 Å². The Kier molecular flexibility index (Phi) is 4.03. The molecule has 0 aromatic rings. The Hall–Kier alpha value is -0.220. The third kappa shape index (κ3) is 2.22. The number of carbonyl (C=O) groups excluding carboxylic acids is 1. The van der Waals surface area contributed by atoms with Gasteiger partial charge in [-0.05, 0) is 31.4 Å². The first kappa shape index (κ1) is 13.2. The van der Waals surface area contributed by atoms with Gasteiger partial charge in [0.1, 0.15) is 5.41 Å². The van der Waals surface area contributed by atoms with Crippen molar-refractivity contribution >= 4 is 17.7 Å². The van der Waals surface area contributed by atoms with Gasteiger partial charge in [-0.25, -0.2) is 0 Å². The molecule has 2 fully saturated rings. The minimum atomic E-state index is -0.828. The maximum absolute atomic E-state index is 12.2. The van der Waals surface area contributed by atoms with E-state index >= 15 is 0 Å². The molecule has 0 bridgehead atoms. The first-order valence-electron chi connectivity index (χ1n) is 6.53. The second kappa shape index (κ2) is 5.19. The predicted octanol–water partition coefficient (Wildman–Crippen LogP) is 2.37. The predicted molar refractivity (Wildman–Crippen MR) is 69.0 cm³/mol. The number of esters is 1. The summed E-state index contributed by atoms with van der Waals surface area (Å²) in [4.78, 5) is 12.2. The Morgan fingerprint density at radius 1 is 1.18 bits per heavy atom. The van der Waals surface area contributed by atoms with E-state index in [2.05, 4.69) is 0 Å². The normalized spacial score (nSPS) is 33.1. The molecule has 3 nitrogen and oxygen atoms in total. The summed E-state index contributed by atoms with van der Waals surface area (Å²) in [6.07, 6.45) is 6.52. The molecule has 0 aromatic heterocycles. The van der Waals surface area contributed by atoms with Crippen LogP contribution < -0.4 is 0 Å². The molecule has 1 unspecified atom stereocenters. The molecule has 1 N–H and O–H groups in total. The molecular weight excluding hydrogens is 236 g/mol. The summed E-state index contributed by atoms with van der Waals surface area (Å²) in [7, 11) is 1.44.